The Morgan fingerprint density at radius 3 is 1.22 bits per heavy atom. The highest BCUT2D eigenvalue weighted by Crippen LogP contribution is 2.53. The second-order valence-electron chi connectivity index (χ2n) is 5.20. The summed E-state index contributed by atoms with van der Waals surface area (Å²) in [6.45, 7) is 1.49. The molecule has 1 N–H and O–H groups in total. The number of benzene rings is 3. The highest BCUT2D eigenvalue weighted by molar-refractivity contribution is 8.18. The van der Waals surface area contributed by atoms with Gasteiger partial charge in [-0.15, -0.1) is 0 Å². The maximum Gasteiger partial charge on any atom is 0.102 e. The van der Waals surface area contributed by atoms with Gasteiger partial charge >= 0.3 is 0 Å². The quantitative estimate of drug-likeness (QED) is 0.579. The van der Waals surface area contributed by atoms with Crippen LogP contribution in [0.1, 0.15) is 0 Å². The molecule has 0 spiro atoms. The summed E-state index contributed by atoms with van der Waals surface area (Å²) in [6.07, 6.45) is 0. The van der Waals surface area contributed by atoms with Gasteiger partial charge in [-0.25, -0.2) is 0 Å². The van der Waals surface area contributed by atoms with Crippen molar-refractivity contribution in [2.45, 2.75) is 0 Å². The van der Waals surface area contributed by atoms with Gasteiger partial charge in [0.15, 0.2) is 0 Å². The number of hydrogen-bond donors (Lipinski definition) is 1. The lowest BCUT2D eigenvalue weighted by atomic mass is 10.1. The van der Waals surface area contributed by atoms with Crippen molar-refractivity contribution in [1.29, 1.82) is 0 Å². The van der Waals surface area contributed by atoms with Gasteiger partial charge in [-0.3, -0.25) is 0 Å². The summed E-state index contributed by atoms with van der Waals surface area (Å²) in [7, 11) is -2.33. The minimum absolute atomic E-state index is 0.894. The smallest absolute Gasteiger partial charge is 0.102 e. The van der Waals surface area contributed by atoms with E-state index in [4.69, 9.17) is 0 Å². The van der Waals surface area contributed by atoms with Crippen molar-refractivity contribution in [1.82, 2.24) is 0 Å². The summed E-state index contributed by atoms with van der Waals surface area (Å²) in [5.41, 5.74) is 0. The van der Waals surface area contributed by atoms with Gasteiger partial charge in [0.05, 0.1) is 22.9 Å². The summed E-state index contributed by atoms with van der Waals surface area (Å²) in [5.74, 6) is -0.894. The summed E-state index contributed by atoms with van der Waals surface area (Å²) >= 11 is 0. The van der Waals surface area contributed by atoms with E-state index in [-0.39, 0.29) is 0 Å². The van der Waals surface area contributed by atoms with Crippen LogP contribution in [0, 0.1) is 0 Å². The molecule has 0 aliphatic rings. The van der Waals surface area contributed by atoms with E-state index in [1.54, 1.807) is 0 Å². The van der Waals surface area contributed by atoms with E-state index >= 15 is 0 Å². The minimum atomic E-state index is -2.33. The Morgan fingerprint density at radius 1 is 0.652 bits per heavy atom. The molecule has 2 radical (unpaired) electrons. The fourth-order valence-electron chi connectivity index (χ4n) is 2.83. The van der Waals surface area contributed by atoms with Crippen LogP contribution in [0.25, 0.3) is 0 Å². The van der Waals surface area contributed by atoms with Crippen molar-refractivity contribution in [3.63, 3.8) is 0 Å². The van der Waals surface area contributed by atoms with Crippen molar-refractivity contribution < 1.29 is 9.90 Å². The van der Waals surface area contributed by atoms with Gasteiger partial charge in [0.25, 0.3) is 0 Å². The van der Waals surface area contributed by atoms with Crippen molar-refractivity contribution in [3.05, 3.63) is 91.0 Å². The Morgan fingerprint density at radius 2 is 0.957 bits per heavy atom. The highest BCUT2D eigenvalue weighted by Gasteiger charge is 2.35. The van der Waals surface area contributed by atoms with Gasteiger partial charge in [-0.1, -0.05) is 61.7 Å². The summed E-state index contributed by atoms with van der Waals surface area (Å²) in [6, 6.07) is 29.8. The third-order valence-corrected chi connectivity index (χ3v) is 7.74. The van der Waals surface area contributed by atoms with E-state index in [1.807, 2.05) is 91.0 Å². The topological polar surface area (TPSA) is 37.3 Å². The van der Waals surface area contributed by atoms with Crippen molar-refractivity contribution in [3.8, 4) is 0 Å². The zero-order valence-electron chi connectivity index (χ0n) is 12.5. The zero-order chi connectivity index (χ0) is 16.1. The van der Waals surface area contributed by atoms with E-state index in [0.29, 0.717) is 0 Å². The zero-order valence-corrected chi connectivity index (χ0v) is 13.4. The Kier molecular flexibility index (Phi) is 4.59. The second kappa shape index (κ2) is 6.81. The SMILES string of the molecule is O=C(O)[B-][P+](c1ccccc1)(c1ccccc1)c1ccccc1. The van der Waals surface area contributed by atoms with Gasteiger partial charge in [-0.05, 0) is 36.4 Å². The van der Waals surface area contributed by atoms with Gasteiger partial charge in [0.1, 0.15) is 5.87 Å². The van der Waals surface area contributed by atoms with E-state index in [9.17, 15) is 9.90 Å². The van der Waals surface area contributed by atoms with E-state index in [2.05, 4.69) is 0 Å². The molecule has 23 heavy (non-hydrogen) atoms. The second-order valence-corrected chi connectivity index (χ2v) is 8.45. The van der Waals surface area contributed by atoms with Crippen LogP contribution in [0.5, 0.6) is 0 Å². The predicted octanol–water partition coefficient (Wildman–Crippen LogP) is 3.28. The fraction of sp³-hybridized carbons (Fsp3) is 0. The molecule has 112 valence electrons. The van der Waals surface area contributed by atoms with Crippen LogP contribution < -0.4 is 15.9 Å². The largest absolute Gasteiger partial charge is 0.517 e. The van der Waals surface area contributed by atoms with Gasteiger partial charge in [0, 0.05) is 0 Å². The summed E-state index contributed by atoms with van der Waals surface area (Å²) in [5, 5.41) is 12.7. The Hall–Kier alpha value is -2.38. The maximum absolute atomic E-state index is 11.7. The molecule has 0 aromatic heterocycles. The molecule has 3 aromatic rings. The standard InChI is InChI=1S/C19H15BO2P/c21-19(22)20-23(16-10-4-1-5-11-16,17-12-6-2-7-13-17)18-14-8-3-9-15-18/h1-15H/q-1/p+1. The van der Waals surface area contributed by atoms with E-state index in [1.165, 1.54) is 7.00 Å². The fourth-order valence-corrected chi connectivity index (χ4v) is 6.43. The molecular weight excluding hydrogens is 302 g/mol. The molecule has 0 aliphatic heterocycles. The highest BCUT2D eigenvalue weighted by atomic mass is 31.2. The van der Waals surface area contributed by atoms with E-state index < -0.39 is 13.0 Å². The molecule has 0 fully saturated rings. The van der Waals surface area contributed by atoms with Crippen molar-refractivity contribution in [2.24, 2.45) is 0 Å². The van der Waals surface area contributed by atoms with Crippen LogP contribution >= 0.6 is 7.14 Å². The molecule has 0 atom stereocenters. The average molecular weight is 318 g/mol. The molecule has 0 unspecified atom stereocenters. The number of rotatable bonds is 5. The van der Waals surface area contributed by atoms with Crippen LogP contribution in [-0.2, 0) is 0 Å². The maximum atomic E-state index is 11.7. The summed E-state index contributed by atoms with van der Waals surface area (Å²) in [4.78, 5) is 11.7. The Balaban J connectivity index is 2.32. The lowest BCUT2D eigenvalue weighted by Gasteiger charge is -2.36. The monoisotopic (exact) mass is 318 g/mol. The number of carbonyl (C=O) groups is 1. The molecule has 0 bridgehead atoms. The van der Waals surface area contributed by atoms with Gasteiger partial charge in [-0.2, -0.15) is 0 Å². The van der Waals surface area contributed by atoms with Crippen molar-refractivity contribution >= 4 is 35.9 Å². The predicted molar refractivity (Wildman–Crippen MR) is 98.9 cm³/mol. The van der Waals surface area contributed by atoms with Crippen molar-refractivity contribution in [2.75, 3.05) is 0 Å². The lowest BCUT2D eigenvalue weighted by molar-refractivity contribution is 0.220. The Labute approximate surface area is 137 Å². The molecule has 4 heteroatoms. The van der Waals surface area contributed by atoms with Gasteiger partial charge < -0.3 is 9.90 Å². The lowest BCUT2D eigenvalue weighted by Crippen LogP contribution is -2.37. The van der Waals surface area contributed by atoms with Crippen LogP contribution in [0.4, 0.5) is 4.79 Å². The normalized spacial score (nSPS) is 11.1. The molecule has 3 aromatic carbocycles. The third-order valence-electron chi connectivity index (χ3n) is 3.79. The Bertz CT molecular complexity index is 680. The first-order chi connectivity index (χ1) is 11.2. The first-order valence-corrected chi connectivity index (χ1v) is 9.24. The van der Waals surface area contributed by atoms with Crippen LogP contribution in [0.3, 0.4) is 0 Å². The molecule has 3 rings (SSSR count). The molecule has 0 saturated carbocycles. The molecule has 0 heterocycles. The molecule has 2 nitrogen and oxygen atoms in total. The molecule has 0 aliphatic carbocycles. The third kappa shape index (κ3) is 3.06. The molecular formula is C19H16BO2P. The van der Waals surface area contributed by atoms with Crippen LogP contribution in [-0.4, -0.2) is 18.0 Å². The van der Waals surface area contributed by atoms with Crippen LogP contribution in [0.2, 0.25) is 0 Å². The number of hydrogen-bond acceptors (Lipinski definition) is 1. The summed E-state index contributed by atoms with van der Waals surface area (Å²) < 4.78 is 0. The van der Waals surface area contributed by atoms with Crippen LogP contribution in [0.15, 0.2) is 91.0 Å². The number of carboxylic acid groups (broad SMARTS) is 1. The first-order valence-electron chi connectivity index (χ1n) is 7.38. The van der Waals surface area contributed by atoms with E-state index in [0.717, 1.165) is 15.9 Å². The minimum Gasteiger partial charge on any atom is -0.517 e. The average Bonchev–Trinajstić information content (AvgIpc) is 2.62. The van der Waals surface area contributed by atoms with Gasteiger partial charge in [0.2, 0.25) is 0 Å². The molecule has 0 amide bonds. The molecule has 0 saturated heterocycles. The first kappa shape index (κ1) is 15.5.